The van der Waals surface area contributed by atoms with Crippen molar-refractivity contribution in [1.82, 2.24) is 0 Å². The summed E-state index contributed by atoms with van der Waals surface area (Å²) in [7, 11) is 1.72. The highest BCUT2D eigenvalue weighted by molar-refractivity contribution is 5.47. The minimum Gasteiger partial charge on any atom is -0.496 e. The first-order valence-corrected chi connectivity index (χ1v) is 5.38. The Morgan fingerprint density at radius 2 is 1.80 bits per heavy atom. The second-order valence-electron chi connectivity index (χ2n) is 4.28. The molecule has 0 fully saturated rings. The molecule has 1 rings (SSSR count). The van der Waals surface area contributed by atoms with Crippen LogP contribution in [0.2, 0.25) is 0 Å². The molecule has 15 heavy (non-hydrogen) atoms. The van der Waals surface area contributed by atoms with Gasteiger partial charge in [-0.05, 0) is 43.4 Å². The highest BCUT2D eigenvalue weighted by Crippen LogP contribution is 2.32. The predicted octanol–water partition coefficient (Wildman–Crippen LogP) is 2.76. The molecule has 0 aliphatic heterocycles. The van der Waals surface area contributed by atoms with E-state index < -0.39 is 0 Å². The van der Waals surface area contributed by atoms with Crippen LogP contribution in [0.1, 0.15) is 36.5 Å². The number of hydrogen-bond acceptors (Lipinski definition) is 2. The molecule has 2 N–H and O–H groups in total. The van der Waals surface area contributed by atoms with E-state index >= 15 is 0 Å². The summed E-state index contributed by atoms with van der Waals surface area (Å²) in [5.41, 5.74) is 9.60. The third-order valence-electron chi connectivity index (χ3n) is 3.19. The molecule has 0 saturated carbocycles. The predicted molar refractivity (Wildman–Crippen MR) is 64.5 cm³/mol. The summed E-state index contributed by atoms with van der Waals surface area (Å²) in [6.07, 6.45) is 0. The Kier molecular flexibility index (Phi) is 3.75. The van der Waals surface area contributed by atoms with Gasteiger partial charge in [0.05, 0.1) is 7.11 Å². The summed E-state index contributed by atoms with van der Waals surface area (Å²) in [5.74, 6) is 1.30. The lowest BCUT2D eigenvalue weighted by atomic mass is 9.91. The fourth-order valence-corrected chi connectivity index (χ4v) is 1.72. The number of hydrogen-bond donors (Lipinski definition) is 1. The van der Waals surface area contributed by atoms with Gasteiger partial charge in [-0.25, -0.2) is 0 Å². The Hall–Kier alpha value is -1.02. The highest BCUT2D eigenvalue weighted by Gasteiger charge is 2.17. The van der Waals surface area contributed by atoms with Gasteiger partial charge in [-0.1, -0.05) is 19.1 Å². The number of ether oxygens (including phenoxy) is 1. The van der Waals surface area contributed by atoms with Crippen LogP contribution < -0.4 is 10.5 Å². The molecule has 2 heteroatoms. The van der Waals surface area contributed by atoms with Gasteiger partial charge < -0.3 is 10.5 Å². The molecular weight excluding hydrogens is 186 g/mol. The molecule has 0 saturated heterocycles. The second kappa shape index (κ2) is 4.67. The standard InChI is InChI=1S/C13H21NO/c1-8-6-7-12(10(3)11(4)14)13(15-5)9(8)2/h6-7,10-11H,14H2,1-5H3. The van der Waals surface area contributed by atoms with E-state index in [9.17, 15) is 0 Å². The molecule has 0 radical (unpaired) electrons. The molecule has 0 aromatic heterocycles. The number of rotatable bonds is 3. The number of aryl methyl sites for hydroxylation is 1. The van der Waals surface area contributed by atoms with Crippen molar-refractivity contribution in [3.63, 3.8) is 0 Å². The Bertz CT molecular complexity index is 345. The molecular formula is C13H21NO. The zero-order valence-corrected chi connectivity index (χ0v) is 10.3. The molecule has 0 aliphatic rings. The van der Waals surface area contributed by atoms with Crippen LogP contribution in [0, 0.1) is 13.8 Å². The van der Waals surface area contributed by atoms with E-state index in [1.807, 2.05) is 6.92 Å². The van der Waals surface area contributed by atoms with Gasteiger partial charge >= 0.3 is 0 Å². The van der Waals surface area contributed by atoms with Gasteiger partial charge in [0.1, 0.15) is 5.75 Å². The molecule has 1 aromatic rings. The SMILES string of the molecule is COc1c(C(C)C(C)N)ccc(C)c1C. The van der Waals surface area contributed by atoms with Crippen LogP contribution in [0.25, 0.3) is 0 Å². The molecule has 0 bridgehead atoms. The summed E-state index contributed by atoms with van der Waals surface area (Å²) in [5, 5.41) is 0. The van der Waals surface area contributed by atoms with Gasteiger partial charge in [-0.2, -0.15) is 0 Å². The first kappa shape index (κ1) is 12.1. The average molecular weight is 207 g/mol. The van der Waals surface area contributed by atoms with Crippen molar-refractivity contribution < 1.29 is 4.74 Å². The second-order valence-corrected chi connectivity index (χ2v) is 4.28. The van der Waals surface area contributed by atoms with E-state index in [4.69, 9.17) is 10.5 Å². The normalized spacial score (nSPS) is 14.8. The topological polar surface area (TPSA) is 35.2 Å². The van der Waals surface area contributed by atoms with Gasteiger partial charge in [-0.3, -0.25) is 0 Å². The van der Waals surface area contributed by atoms with Crippen LogP contribution in [-0.2, 0) is 0 Å². The van der Waals surface area contributed by atoms with Crippen LogP contribution in [0.5, 0.6) is 5.75 Å². The van der Waals surface area contributed by atoms with Crippen molar-refractivity contribution in [2.24, 2.45) is 5.73 Å². The van der Waals surface area contributed by atoms with Crippen molar-refractivity contribution in [3.8, 4) is 5.75 Å². The molecule has 0 amide bonds. The van der Waals surface area contributed by atoms with E-state index in [1.165, 1.54) is 16.7 Å². The summed E-state index contributed by atoms with van der Waals surface area (Å²) in [6.45, 7) is 8.35. The van der Waals surface area contributed by atoms with Crippen LogP contribution in [0.15, 0.2) is 12.1 Å². The minimum absolute atomic E-state index is 0.140. The Morgan fingerprint density at radius 3 is 2.27 bits per heavy atom. The molecule has 2 atom stereocenters. The largest absolute Gasteiger partial charge is 0.496 e. The average Bonchev–Trinajstić information content (AvgIpc) is 2.20. The zero-order chi connectivity index (χ0) is 11.6. The lowest BCUT2D eigenvalue weighted by Crippen LogP contribution is -2.23. The van der Waals surface area contributed by atoms with Crippen molar-refractivity contribution in [2.45, 2.75) is 39.7 Å². The lowest BCUT2D eigenvalue weighted by Gasteiger charge is -2.21. The first-order chi connectivity index (χ1) is 6.99. The van der Waals surface area contributed by atoms with Crippen molar-refractivity contribution in [2.75, 3.05) is 7.11 Å². The number of nitrogens with two attached hydrogens (primary N) is 1. The van der Waals surface area contributed by atoms with Gasteiger partial charge in [0.15, 0.2) is 0 Å². The summed E-state index contributed by atoms with van der Waals surface area (Å²) in [4.78, 5) is 0. The fraction of sp³-hybridized carbons (Fsp3) is 0.538. The van der Waals surface area contributed by atoms with Gasteiger partial charge in [0.25, 0.3) is 0 Å². The first-order valence-electron chi connectivity index (χ1n) is 5.38. The minimum atomic E-state index is 0.140. The van der Waals surface area contributed by atoms with E-state index in [-0.39, 0.29) is 6.04 Å². The van der Waals surface area contributed by atoms with Crippen molar-refractivity contribution in [1.29, 1.82) is 0 Å². The van der Waals surface area contributed by atoms with Crippen molar-refractivity contribution in [3.05, 3.63) is 28.8 Å². The quantitative estimate of drug-likeness (QED) is 0.827. The van der Waals surface area contributed by atoms with E-state index in [0.29, 0.717) is 5.92 Å². The van der Waals surface area contributed by atoms with Gasteiger partial charge in [0, 0.05) is 6.04 Å². The maximum absolute atomic E-state index is 5.92. The number of benzene rings is 1. The van der Waals surface area contributed by atoms with Crippen LogP contribution in [-0.4, -0.2) is 13.2 Å². The molecule has 0 aliphatic carbocycles. The van der Waals surface area contributed by atoms with Crippen LogP contribution in [0.4, 0.5) is 0 Å². The Labute approximate surface area is 92.4 Å². The molecule has 0 heterocycles. The summed E-state index contributed by atoms with van der Waals surface area (Å²) in [6, 6.07) is 4.39. The zero-order valence-electron chi connectivity index (χ0n) is 10.3. The molecule has 2 unspecified atom stereocenters. The maximum Gasteiger partial charge on any atom is 0.125 e. The lowest BCUT2D eigenvalue weighted by molar-refractivity contribution is 0.400. The van der Waals surface area contributed by atoms with Crippen LogP contribution >= 0.6 is 0 Å². The molecule has 84 valence electrons. The maximum atomic E-state index is 5.92. The smallest absolute Gasteiger partial charge is 0.125 e. The third kappa shape index (κ3) is 2.32. The molecule has 2 nitrogen and oxygen atoms in total. The fourth-order valence-electron chi connectivity index (χ4n) is 1.72. The van der Waals surface area contributed by atoms with Crippen LogP contribution in [0.3, 0.4) is 0 Å². The Morgan fingerprint density at radius 1 is 1.20 bits per heavy atom. The summed E-state index contributed by atoms with van der Waals surface area (Å²) < 4.78 is 5.47. The van der Waals surface area contributed by atoms with Crippen molar-refractivity contribution >= 4 is 0 Å². The van der Waals surface area contributed by atoms with Gasteiger partial charge in [0.2, 0.25) is 0 Å². The monoisotopic (exact) mass is 207 g/mol. The number of methoxy groups -OCH3 is 1. The molecule has 1 aromatic carbocycles. The van der Waals surface area contributed by atoms with E-state index in [0.717, 1.165) is 5.75 Å². The Balaban J connectivity index is 3.24. The highest BCUT2D eigenvalue weighted by atomic mass is 16.5. The van der Waals surface area contributed by atoms with E-state index in [1.54, 1.807) is 7.11 Å². The van der Waals surface area contributed by atoms with E-state index in [2.05, 4.69) is 32.9 Å². The summed E-state index contributed by atoms with van der Waals surface area (Å²) >= 11 is 0. The van der Waals surface area contributed by atoms with Gasteiger partial charge in [-0.15, -0.1) is 0 Å². The molecule has 0 spiro atoms. The third-order valence-corrected chi connectivity index (χ3v) is 3.19.